The van der Waals surface area contributed by atoms with Gasteiger partial charge in [-0.1, -0.05) is 313 Å². The third kappa shape index (κ3) is 36.3. The van der Waals surface area contributed by atoms with E-state index < -0.39 is 0 Å². The smallest absolute Gasteiger partial charge is 0.125 e. The fraction of sp³-hybridized carbons (Fsp3) is 0.295. The van der Waals surface area contributed by atoms with Gasteiger partial charge in [0, 0.05) is 67.7 Å². The first-order valence-electron chi connectivity index (χ1n) is 37.5. The molecule has 0 radical (unpaired) electrons. The summed E-state index contributed by atoms with van der Waals surface area (Å²) >= 11 is 0. The third-order valence-electron chi connectivity index (χ3n) is 13.4. The molecule has 102 heavy (non-hydrogen) atoms. The van der Waals surface area contributed by atoms with Crippen molar-refractivity contribution in [3.63, 3.8) is 0 Å². The van der Waals surface area contributed by atoms with Crippen LogP contribution in [-0.4, -0.2) is 34.9 Å². The molecule has 7 heteroatoms. The van der Waals surface area contributed by atoms with Gasteiger partial charge in [-0.25, -0.2) is 9.97 Å². The molecule has 15 rings (SSSR count). The highest BCUT2D eigenvalue weighted by Crippen LogP contribution is 2.35. The van der Waals surface area contributed by atoms with Crippen LogP contribution in [0.5, 0.6) is 0 Å². The number of fused-ring (bicyclic) bond motifs is 5. The minimum Gasteiger partial charge on any atom is -0.265 e. The minimum absolute atomic E-state index is 0.822. The Kier molecular flexibility index (Phi) is 59.4. The van der Waals surface area contributed by atoms with Crippen molar-refractivity contribution < 1.29 is 0 Å². The van der Waals surface area contributed by atoms with E-state index in [1.165, 1.54) is 103 Å². The Hall–Kier alpha value is -10.1. The average molecular weight is 1370 g/mol. The van der Waals surface area contributed by atoms with Gasteiger partial charge in [0.1, 0.15) is 5.82 Å². The maximum Gasteiger partial charge on any atom is 0.125 e. The van der Waals surface area contributed by atoms with Crippen molar-refractivity contribution in [1.82, 2.24) is 34.9 Å². The molecular formula is C95H129N7. The number of hydrogen-bond donors (Lipinski definition) is 0. The van der Waals surface area contributed by atoms with Crippen LogP contribution in [-0.2, 0) is 0 Å². The van der Waals surface area contributed by atoms with Crippen LogP contribution in [0.15, 0.2) is 274 Å². The predicted octanol–water partition coefficient (Wildman–Crippen LogP) is 29.5. The normalized spacial score (nSPS) is 8.78. The number of hydrogen-bond acceptors (Lipinski definition) is 7. The quantitative estimate of drug-likeness (QED) is 0.110. The second-order valence-electron chi connectivity index (χ2n) is 20.0. The highest BCUT2D eigenvalue weighted by Gasteiger charge is 2.08. The van der Waals surface area contributed by atoms with E-state index in [-0.39, 0.29) is 0 Å². The molecule has 0 fully saturated rings. The van der Waals surface area contributed by atoms with Gasteiger partial charge in [-0.3, -0.25) is 24.9 Å². The van der Waals surface area contributed by atoms with Gasteiger partial charge in [-0.15, -0.1) is 0 Å². The van der Waals surface area contributed by atoms with Crippen molar-refractivity contribution in [1.29, 1.82) is 0 Å². The summed E-state index contributed by atoms with van der Waals surface area (Å²) in [5.41, 5.74) is 8.50. The van der Waals surface area contributed by atoms with E-state index in [2.05, 4.69) is 219 Å². The fourth-order valence-corrected chi connectivity index (χ4v) is 9.13. The zero-order valence-corrected chi connectivity index (χ0v) is 68.1. The molecule has 0 aliphatic heterocycles. The Morgan fingerprint density at radius 1 is 0.196 bits per heavy atom. The molecule has 5 aromatic heterocycles. The highest BCUT2D eigenvalue weighted by atomic mass is 14.8. The van der Waals surface area contributed by atoms with E-state index >= 15 is 0 Å². The first-order chi connectivity index (χ1) is 50.0. The Morgan fingerprint density at radius 2 is 0.627 bits per heavy atom. The topological polar surface area (TPSA) is 90.2 Å². The summed E-state index contributed by atoms with van der Waals surface area (Å²) in [6, 6.07) is 74.6. The van der Waals surface area contributed by atoms with Gasteiger partial charge in [0.2, 0.25) is 0 Å². The van der Waals surface area contributed by atoms with Crippen LogP contribution in [0, 0.1) is 55.4 Å². The van der Waals surface area contributed by atoms with Crippen LogP contribution < -0.4 is 0 Å². The van der Waals surface area contributed by atoms with Gasteiger partial charge in [0.25, 0.3) is 0 Å². The Balaban J connectivity index is -0.00000108. The molecule has 544 valence electrons. The van der Waals surface area contributed by atoms with Gasteiger partial charge >= 0.3 is 0 Å². The number of rotatable bonds is 0. The Labute approximate surface area is 619 Å². The molecule has 0 aliphatic rings. The van der Waals surface area contributed by atoms with Gasteiger partial charge in [0.15, 0.2) is 0 Å². The summed E-state index contributed by atoms with van der Waals surface area (Å²) in [6.45, 7) is 56.3. The standard InChI is InChI=1S/C17H12.2C15H12.3C6H7N.2C5H6N2.10C2H6/c1-11-5-6-14-8-7-12-3-2-4-13-9-10-15(11)17(14)16(12)13;1-11-6-7-14-9-12-4-2-3-5-13(12)10-15(14)8-11;1-11-6-7-13-9-8-12-4-2-3-5-14(12)15(13)10-11;1-6-2-4-7-5-3-6;1-6-3-2-4-7-5-6;1-6-4-2-3-5-7-6;1-5-4-6-2-3-7-5;1-5-6-3-2-4-7-5;10*1-2/h2-10H,1H3;2*2-10H,1H3;3*2-5H,1H3;2*2-4H,1H3;10*1-2H3. The van der Waals surface area contributed by atoms with Crippen LogP contribution >= 0.6 is 0 Å². The van der Waals surface area contributed by atoms with E-state index in [1.807, 2.05) is 222 Å². The number of aryl methyl sites for hydroxylation is 8. The van der Waals surface area contributed by atoms with E-state index in [1.54, 1.807) is 61.8 Å². The summed E-state index contributed by atoms with van der Waals surface area (Å²) in [5, 5.41) is 18.8. The molecule has 7 nitrogen and oxygen atoms in total. The van der Waals surface area contributed by atoms with Gasteiger partial charge in [0.05, 0.1) is 5.69 Å². The molecule has 10 aromatic carbocycles. The van der Waals surface area contributed by atoms with Gasteiger partial charge in [-0.2, -0.15) is 0 Å². The lowest BCUT2D eigenvalue weighted by atomic mass is 9.92. The molecule has 0 unspecified atom stereocenters. The predicted molar refractivity (Wildman–Crippen MR) is 461 cm³/mol. The fourth-order valence-electron chi connectivity index (χ4n) is 9.13. The molecule has 0 aliphatic carbocycles. The lowest BCUT2D eigenvalue weighted by molar-refractivity contribution is 1.05. The number of aromatic nitrogens is 7. The Morgan fingerprint density at radius 3 is 1.07 bits per heavy atom. The molecule has 0 saturated carbocycles. The second kappa shape index (κ2) is 63.1. The molecule has 5 heterocycles. The summed E-state index contributed by atoms with van der Waals surface area (Å²) in [5.74, 6) is 0.822. The maximum atomic E-state index is 3.98. The summed E-state index contributed by atoms with van der Waals surface area (Å²) < 4.78 is 0. The maximum absolute atomic E-state index is 3.98. The van der Waals surface area contributed by atoms with Gasteiger partial charge in [-0.05, 0) is 196 Å². The van der Waals surface area contributed by atoms with E-state index in [0.717, 1.165) is 17.2 Å². The number of pyridine rings is 3. The summed E-state index contributed by atoms with van der Waals surface area (Å²) in [7, 11) is 0. The molecular weight excluding hydrogens is 1240 g/mol. The first-order valence-corrected chi connectivity index (χ1v) is 37.5. The largest absolute Gasteiger partial charge is 0.265 e. The van der Waals surface area contributed by atoms with Crippen molar-refractivity contribution in [3.05, 3.63) is 319 Å². The van der Waals surface area contributed by atoms with Crippen molar-refractivity contribution in [2.75, 3.05) is 0 Å². The lowest BCUT2D eigenvalue weighted by Crippen LogP contribution is -1.85. The highest BCUT2D eigenvalue weighted by molar-refractivity contribution is 6.23. The molecule has 0 atom stereocenters. The second-order valence-corrected chi connectivity index (χ2v) is 20.0. The van der Waals surface area contributed by atoms with Crippen molar-refractivity contribution in [2.24, 2.45) is 0 Å². The first kappa shape index (κ1) is 96.1. The SMILES string of the molecule is CC.CC.CC.CC.CC.CC.CC.CC.CC.CC.Cc1ccc2cc3ccccc3cc2c1.Cc1ccc2ccc3cccc4ccc1c2c34.Cc1ccc2ccc3ccccc3c2c1.Cc1ccccn1.Cc1cccnc1.Cc1ccncc1.Cc1cnccn1.Cc1ncccn1. The molecule has 0 N–H and O–H groups in total. The lowest BCUT2D eigenvalue weighted by Gasteiger charge is -2.11. The summed E-state index contributed by atoms with van der Waals surface area (Å²) in [6.07, 6.45) is 17.5. The molecule has 0 spiro atoms. The van der Waals surface area contributed by atoms with Crippen LogP contribution in [0.4, 0.5) is 0 Å². The van der Waals surface area contributed by atoms with Crippen molar-refractivity contribution in [2.45, 2.75) is 194 Å². The van der Waals surface area contributed by atoms with Crippen LogP contribution in [0.3, 0.4) is 0 Å². The van der Waals surface area contributed by atoms with Gasteiger partial charge < -0.3 is 0 Å². The average Bonchev–Trinajstić information content (AvgIpc) is 0.750. The monoisotopic (exact) mass is 1370 g/mol. The van der Waals surface area contributed by atoms with Crippen LogP contribution in [0.2, 0.25) is 0 Å². The van der Waals surface area contributed by atoms with E-state index in [9.17, 15) is 0 Å². The third-order valence-corrected chi connectivity index (χ3v) is 13.4. The molecule has 0 saturated heterocycles. The summed E-state index contributed by atoms with van der Waals surface area (Å²) in [4.78, 5) is 27.2. The minimum atomic E-state index is 0.822. The van der Waals surface area contributed by atoms with E-state index in [0.29, 0.717) is 0 Å². The Bertz CT molecular complexity index is 4110. The molecule has 0 amide bonds. The zero-order valence-electron chi connectivity index (χ0n) is 68.1. The zero-order chi connectivity index (χ0) is 77.5. The molecule has 0 bridgehead atoms. The molecule has 15 aromatic rings. The number of benzene rings is 10. The van der Waals surface area contributed by atoms with Crippen molar-refractivity contribution in [3.8, 4) is 0 Å². The van der Waals surface area contributed by atoms with Crippen LogP contribution in [0.25, 0.3) is 75.4 Å². The van der Waals surface area contributed by atoms with E-state index in [4.69, 9.17) is 0 Å². The number of nitrogens with zero attached hydrogens (tertiary/aromatic N) is 7. The van der Waals surface area contributed by atoms with Crippen LogP contribution in [0.1, 0.15) is 184 Å². The van der Waals surface area contributed by atoms with Crippen molar-refractivity contribution >= 4 is 75.4 Å².